The van der Waals surface area contributed by atoms with Crippen LogP contribution in [0.5, 0.6) is 17.2 Å². The van der Waals surface area contributed by atoms with E-state index in [0.29, 0.717) is 29.5 Å². The van der Waals surface area contributed by atoms with E-state index in [1.807, 2.05) is 48.7 Å². The van der Waals surface area contributed by atoms with Gasteiger partial charge in [0.15, 0.2) is 17.2 Å². The molecule has 0 unspecified atom stereocenters. The summed E-state index contributed by atoms with van der Waals surface area (Å²) in [5.74, 6) is 1.45. The number of amides is 1. The maximum atomic E-state index is 12.0. The standard InChI is InChI=1S/C26H29N5O4S/c1-30-7-9-31(10-8-30)19-11-23(33-16-18-5-3-2-4-6-18)26(28-15-19)36-20-12-21(29-24(32)14-27)25-22(13-20)34-17-35-25/h2-6,11-13,15H,7-10,14,16-17,27H2,1H3,(H,29,32). The van der Waals surface area contributed by atoms with E-state index in [0.717, 1.165) is 47.4 Å². The molecule has 0 bridgehead atoms. The molecule has 2 aromatic carbocycles. The fourth-order valence-electron chi connectivity index (χ4n) is 4.02. The largest absolute Gasteiger partial charge is 0.486 e. The van der Waals surface area contributed by atoms with Gasteiger partial charge in [0.2, 0.25) is 12.7 Å². The van der Waals surface area contributed by atoms with E-state index >= 15 is 0 Å². The molecule has 0 saturated carbocycles. The molecule has 9 nitrogen and oxygen atoms in total. The third-order valence-electron chi connectivity index (χ3n) is 6.03. The number of piperazine rings is 1. The summed E-state index contributed by atoms with van der Waals surface area (Å²) < 4.78 is 17.4. The van der Waals surface area contributed by atoms with Crippen LogP contribution in [0.25, 0.3) is 0 Å². The van der Waals surface area contributed by atoms with Gasteiger partial charge in [0.25, 0.3) is 0 Å². The minimum atomic E-state index is -0.309. The van der Waals surface area contributed by atoms with Crippen molar-refractivity contribution in [2.24, 2.45) is 5.73 Å². The van der Waals surface area contributed by atoms with Gasteiger partial charge in [-0.25, -0.2) is 4.98 Å². The van der Waals surface area contributed by atoms with Gasteiger partial charge in [-0.1, -0.05) is 42.1 Å². The Hall–Kier alpha value is -3.47. The lowest BCUT2D eigenvalue weighted by molar-refractivity contribution is -0.114. The first-order valence-corrected chi connectivity index (χ1v) is 12.6. The Morgan fingerprint density at radius 2 is 1.94 bits per heavy atom. The lowest BCUT2D eigenvalue weighted by atomic mass is 10.2. The van der Waals surface area contributed by atoms with Crippen LogP contribution in [0, 0.1) is 0 Å². The van der Waals surface area contributed by atoms with Crippen LogP contribution in [-0.2, 0) is 11.4 Å². The maximum absolute atomic E-state index is 12.0. The number of carbonyl (C=O) groups excluding carboxylic acids is 1. The number of ether oxygens (including phenoxy) is 3. The molecule has 0 spiro atoms. The predicted octanol–water partition coefficient (Wildman–Crippen LogP) is 3.19. The Morgan fingerprint density at radius 1 is 1.14 bits per heavy atom. The van der Waals surface area contributed by atoms with Gasteiger partial charge in [0, 0.05) is 37.1 Å². The second-order valence-electron chi connectivity index (χ2n) is 8.62. The number of nitrogens with one attached hydrogen (secondary N) is 1. The fourth-order valence-corrected chi connectivity index (χ4v) is 4.91. The molecule has 5 rings (SSSR count). The molecule has 1 fully saturated rings. The summed E-state index contributed by atoms with van der Waals surface area (Å²) in [5, 5.41) is 3.51. The molecule has 3 heterocycles. The lowest BCUT2D eigenvalue weighted by Crippen LogP contribution is -2.44. The van der Waals surface area contributed by atoms with Crippen LogP contribution in [-0.4, -0.2) is 62.4 Å². The Morgan fingerprint density at radius 3 is 2.72 bits per heavy atom. The zero-order valence-electron chi connectivity index (χ0n) is 20.1. The number of hydrogen-bond donors (Lipinski definition) is 2. The predicted molar refractivity (Wildman–Crippen MR) is 139 cm³/mol. The Kier molecular flexibility index (Phi) is 7.45. The zero-order valence-corrected chi connectivity index (χ0v) is 20.9. The number of rotatable bonds is 8. The van der Waals surface area contributed by atoms with Crippen molar-refractivity contribution in [2.45, 2.75) is 16.5 Å². The lowest BCUT2D eigenvalue weighted by Gasteiger charge is -2.34. The highest BCUT2D eigenvalue weighted by molar-refractivity contribution is 7.99. The molecule has 188 valence electrons. The molecule has 1 saturated heterocycles. The number of nitrogens with two attached hydrogens (primary N) is 1. The van der Waals surface area contributed by atoms with E-state index in [1.54, 1.807) is 0 Å². The molecule has 0 aliphatic carbocycles. The summed E-state index contributed by atoms with van der Waals surface area (Å²) in [6.45, 7) is 4.29. The van der Waals surface area contributed by atoms with Crippen LogP contribution >= 0.6 is 11.8 Å². The molecule has 2 aliphatic rings. The van der Waals surface area contributed by atoms with Gasteiger partial charge >= 0.3 is 0 Å². The average molecular weight is 508 g/mol. The molecule has 10 heteroatoms. The number of hydrogen-bond acceptors (Lipinski definition) is 9. The smallest absolute Gasteiger partial charge is 0.238 e. The number of benzene rings is 2. The van der Waals surface area contributed by atoms with E-state index in [2.05, 4.69) is 28.2 Å². The first kappa shape index (κ1) is 24.2. The van der Waals surface area contributed by atoms with Gasteiger partial charge in [0.05, 0.1) is 24.1 Å². The number of fused-ring (bicyclic) bond motifs is 1. The van der Waals surface area contributed by atoms with Crippen molar-refractivity contribution in [1.82, 2.24) is 9.88 Å². The highest BCUT2D eigenvalue weighted by Gasteiger charge is 2.23. The molecular formula is C26H29N5O4S. The number of aromatic nitrogens is 1. The van der Waals surface area contributed by atoms with Crippen molar-refractivity contribution in [2.75, 3.05) is 56.8 Å². The average Bonchev–Trinajstić information content (AvgIpc) is 3.38. The van der Waals surface area contributed by atoms with Gasteiger partial charge in [-0.15, -0.1) is 0 Å². The Balaban J connectivity index is 1.43. The third-order valence-corrected chi connectivity index (χ3v) is 7.00. The normalized spacial score (nSPS) is 15.1. The molecule has 3 aromatic rings. The Labute approximate surface area is 214 Å². The second kappa shape index (κ2) is 11.1. The summed E-state index contributed by atoms with van der Waals surface area (Å²) in [7, 11) is 2.14. The third kappa shape index (κ3) is 5.67. The van der Waals surface area contributed by atoms with Crippen molar-refractivity contribution in [3.05, 3.63) is 60.3 Å². The second-order valence-corrected chi connectivity index (χ2v) is 9.68. The first-order chi connectivity index (χ1) is 17.6. The van der Waals surface area contributed by atoms with Crippen LogP contribution in [0.4, 0.5) is 11.4 Å². The summed E-state index contributed by atoms with van der Waals surface area (Å²) >= 11 is 1.44. The number of likely N-dealkylation sites (N-methyl/N-ethyl adjacent to an activating group) is 1. The highest BCUT2D eigenvalue weighted by Crippen LogP contribution is 2.45. The molecule has 2 aliphatic heterocycles. The van der Waals surface area contributed by atoms with Crippen molar-refractivity contribution in [3.8, 4) is 17.2 Å². The monoisotopic (exact) mass is 507 g/mol. The van der Waals surface area contributed by atoms with Gasteiger partial charge in [-0.2, -0.15) is 0 Å². The summed E-state index contributed by atoms with van der Waals surface area (Å²) in [4.78, 5) is 22.2. The summed E-state index contributed by atoms with van der Waals surface area (Å²) in [6, 6.07) is 15.8. The van der Waals surface area contributed by atoms with Crippen LogP contribution in [0.3, 0.4) is 0 Å². The Bertz CT molecular complexity index is 1220. The quantitative estimate of drug-likeness (QED) is 0.476. The topological polar surface area (TPSA) is 102 Å². The fraction of sp³-hybridized carbons (Fsp3) is 0.308. The molecule has 1 aromatic heterocycles. The number of nitrogens with zero attached hydrogens (tertiary/aromatic N) is 3. The van der Waals surface area contributed by atoms with Crippen molar-refractivity contribution in [3.63, 3.8) is 0 Å². The van der Waals surface area contributed by atoms with E-state index in [-0.39, 0.29) is 19.2 Å². The van der Waals surface area contributed by atoms with Crippen LogP contribution < -0.4 is 30.2 Å². The number of carbonyl (C=O) groups is 1. The van der Waals surface area contributed by atoms with Gasteiger partial charge in [0.1, 0.15) is 11.6 Å². The molecule has 0 atom stereocenters. The van der Waals surface area contributed by atoms with E-state index in [4.69, 9.17) is 24.9 Å². The first-order valence-electron chi connectivity index (χ1n) is 11.8. The van der Waals surface area contributed by atoms with E-state index < -0.39 is 0 Å². The van der Waals surface area contributed by atoms with Gasteiger partial charge < -0.3 is 35.1 Å². The van der Waals surface area contributed by atoms with Gasteiger partial charge in [-0.05, 0) is 24.7 Å². The molecule has 3 N–H and O–H groups in total. The number of pyridine rings is 1. The van der Waals surface area contributed by atoms with Crippen molar-refractivity contribution < 1.29 is 19.0 Å². The molecular weight excluding hydrogens is 478 g/mol. The minimum absolute atomic E-state index is 0.0956. The van der Waals surface area contributed by atoms with Crippen LogP contribution in [0.2, 0.25) is 0 Å². The number of anilines is 2. The summed E-state index contributed by atoms with van der Waals surface area (Å²) in [6.07, 6.45) is 1.90. The van der Waals surface area contributed by atoms with E-state index in [9.17, 15) is 4.79 Å². The minimum Gasteiger partial charge on any atom is -0.486 e. The van der Waals surface area contributed by atoms with Crippen molar-refractivity contribution in [1.29, 1.82) is 0 Å². The molecule has 0 radical (unpaired) electrons. The zero-order chi connectivity index (χ0) is 24.9. The van der Waals surface area contributed by atoms with Crippen LogP contribution in [0.1, 0.15) is 5.56 Å². The maximum Gasteiger partial charge on any atom is 0.238 e. The highest BCUT2D eigenvalue weighted by atomic mass is 32.2. The SMILES string of the molecule is CN1CCN(c2cnc(Sc3cc(NC(=O)CN)c4c(c3)OCO4)c(OCc3ccccc3)c2)CC1. The van der Waals surface area contributed by atoms with Gasteiger partial charge in [-0.3, -0.25) is 4.79 Å². The summed E-state index contributed by atoms with van der Waals surface area (Å²) in [5.41, 5.74) is 8.12. The molecule has 1 amide bonds. The van der Waals surface area contributed by atoms with Crippen molar-refractivity contribution >= 4 is 29.0 Å². The molecule has 36 heavy (non-hydrogen) atoms. The van der Waals surface area contributed by atoms with E-state index in [1.165, 1.54) is 11.8 Å². The van der Waals surface area contributed by atoms with Crippen LogP contribution in [0.15, 0.2) is 64.6 Å².